The van der Waals surface area contributed by atoms with Crippen LogP contribution in [-0.2, 0) is 0 Å². The molecule has 1 aromatic carbocycles. The molecule has 0 spiro atoms. The number of para-hydroxylation sites is 1. The van der Waals surface area contributed by atoms with Crippen molar-refractivity contribution < 1.29 is 19.7 Å². The van der Waals surface area contributed by atoms with Crippen molar-refractivity contribution >= 4 is 6.09 Å². The van der Waals surface area contributed by atoms with E-state index in [0.717, 1.165) is 0 Å². The summed E-state index contributed by atoms with van der Waals surface area (Å²) in [6.45, 7) is -0.189. The lowest BCUT2D eigenvalue weighted by atomic mass is 10.3. The van der Waals surface area contributed by atoms with Crippen LogP contribution >= 0.6 is 0 Å². The van der Waals surface area contributed by atoms with E-state index < -0.39 is 12.1 Å². The lowest BCUT2D eigenvalue weighted by Gasteiger charge is -2.14. The highest BCUT2D eigenvalue weighted by atomic mass is 16.5. The second kappa shape index (κ2) is 5.87. The zero-order valence-corrected chi connectivity index (χ0v) is 8.09. The van der Waals surface area contributed by atoms with E-state index in [-0.39, 0.29) is 13.2 Å². The van der Waals surface area contributed by atoms with Crippen LogP contribution < -0.4 is 10.1 Å². The van der Waals surface area contributed by atoms with Gasteiger partial charge in [-0.3, -0.25) is 0 Å². The van der Waals surface area contributed by atoms with E-state index in [4.69, 9.17) is 14.9 Å². The first-order chi connectivity index (χ1) is 7.22. The molecular formula is C10H13NO4. The number of carbonyl (C=O) groups is 1. The maximum Gasteiger partial charge on any atom is 0.405 e. The highest BCUT2D eigenvalue weighted by Crippen LogP contribution is 2.08. The predicted molar refractivity (Wildman–Crippen MR) is 54.0 cm³/mol. The summed E-state index contributed by atoms with van der Waals surface area (Å²) in [5.74, 6) is 0.642. The van der Waals surface area contributed by atoms with Crippen molar-refractivity contribution in [1.82, 2.24) is 5.32 Å². The molecule has 0 saturated heterocycles. The van der Waals surface area contributed by atoms with Gasteiger partial charge in [0.1, 0.15) is 12.4 Å². The number of benzene rings is 1. The van der Waals surface area contributed by atoms with E-state index in [2.05, 4.69) is 5.32 Å². The van der Waals surface area contributed by atoms with Gasteiger partial charge in [-0.1, -0.05) is 18.2 Å². The van der Waals surface area contributed by atoms with Gasteiger partial charge in [-0.25, -0.2) is 4.79 Å². The third-order valence-electron chi connectivity index (χ3n) is 1.74. The number of nitrogens with one attached hydrogen (secondary N) is 1. The number of carboxylic acid groups (broad SMARTS) is 1. The number of ether oxygens (including phenoxy) is 1. The molecule has 0 aliphatic carbocycles. The number of amides is 1. The number of aliphatic hydroxyl groups is 1. The molecule has 0 bridgehead atoms. The van der Waals surface area contributed by atoms with Gasteiger partial charge in [-0.15, -0.1) is 0 Å². The molecular weight excluding hydrogens is 198 g/mol. The second-order valence-corrected chi connectivity index (χ2v) is 2.95. The number of aliphatic hydroxyl groups excluding tert-OH is 1. The highest BCUT2D eigenvalue weighted by Gasteiger charge is 2.10. The lowest BCUT2D eigenvalue weighted by Crippen LogP contribution is -2.40. The molecule has 1 rings (SSSR count). The summed E-state index contributed by atoms with van der Waals surface area (Å²) in [7, 11) is 0. The molecule has 1 atom stereocenters. The minimum Gasteiger partial charge on any atom is -0.491 e. The normalized spacial score (nSPS) is 11.8. The van der Waals surface area contributed by atoms with Gasteiger partial charge < -0.3 is 20.3 Å². The molecule has 0 heterocycles. The average Bonchev–Trinajstić information content (AvgIpc) is 2.25. The zero-order valence-electron chi connectivity index (χ0n) is 8.09. The Morgan fingerprint density at radius 2 is 2.07 bits per heavy atom. The largest absolute Gasteiger partial charge is 0.491 e. The Balaban J connectivity index is 2.37. The van der Waals surface area contributed by atoms with Gasteiger partial charge in [0.25, 0.3) is 0 Å². The van der Waals surface area contributed by atoms with Gasteiger partial charge >= 0.3 is 6.09 Å². The summed E-state index contributed by atoms with van der Waals surface area (Å²) in [6, 6.07) is 8.39. The fourth-order valence-corrected chi connectivity index (χ4v) is 1.03. The Kier molecular flexibility index (Phi) is 4.43. The van der Waals surface area contributed by atoms with Gasteiger partial charge in [-0.05, 0) is 12.1 Å². The molecule has 5 nitrogen and oxygen atoms in total. The van der Waals surface area contributed by atoms with E-state index in [9.17, 15) is 4.79 Å². The molecule has 0 aromatic heterocycles. The monoisotopic (exact) mass is 211 g/mol. The zero-order chi connectivity index (χ0) is 11.1. The van der Waals surface area contributed by atoms with Crippen molar-refractivity contribution in [2.45, 2.75) is 6.04 Å². The van der Waals surface area contributed by atoms with E-state index in [1.807, 2.05) is 18.2 Å². The fraction of sp³-hybridized carbons (Fsp3) is 0.300. The van der Waals surface area contributed by atoms with Crippen molar-refractivity contribution in [1.29, 1.82) is 0 Å². The minimum absolute atomic E-state index is 0.104. The molecule has 0 aliphatic rings. The molecule has 1 unspecified atom stereocenters. The average molecular weight is 211 g/mol. The standard InChI is InChI=1S/C10H13NO4/c12-6-8(11-10(13)14)7-15-9-4-2-1-3-5-9/h1-5,8,11-12H,6-7H2,(H,13,14). The first-order valence-electron chi connectivity index (χ1n) is 4.50. The molecule has 1 aromatic rings. The van der Waals surface area contributed by atoms with Crippen molar-refractivity contribution in [3.8, 4) is 5.75 Å². The van der Waals surface area contributed by atoms with E-state index in [1.54, 1.807) is 12.1 Å². The van der Waals surface area contributed by atoms with Crippen LogP contribution in [0.25, 0.3) is 0 Å². The third-order valence-corrected chi connectivity index (χ3v) is 1.74. The fourth-order valence-electron chi connectivity index (χ4n) is 1.03. The molecule has 0 aliphatic heterocycles. The van der Waals surface area contributed by atoms with Crippen LogP contribution in [-0.4, -0.2) is 35.6 Å². The summed E-state index contributed by atoms with van der Waals surface area (Å²) in [5.41, 5.74) is 0. The molecule has 1 amide bonds. The van der Waals surface area contributed by atoms with E-state index in [1.165, 1.54) is 0 Å². The topological polar surface area (TPSA) is 78.8 Å². The summed E-state index contributed by atoms with van der Waals surface area (Å²) >= 11 is 0. The summed E-state index contributed by atoms with van der Waals surface area (Å²) in [4.78, 5) is 10.3. The van der Waals surface area contributed by atoms with E-state index in [0.29, 0.717) is 5.75 Å². The maximum atomic E-state index is 10.3. The molecule has 82 valence electrons. The second-order valence-electron chi connectivity index (χ2n) is 2.95. The van der Waals surface area contributed by atoms with Crippen LogP contribution in [0.1, 0.15) is 0 Å². The van der Waals surface area contributed by atoms with Crippen LogP contribution in [0.5, 0.6) is 5.75 Å². The summed E-state index contributed by atoms with van der Waals surface area (Å²) < 4.78 is 5.27. The van der Waals surface area contributed by atoms with Crippen LogP contribution in [0.3, 0.4) is 0 Å². The van der Waals surface area contributed by atoms with Crippen molar-refractivity contribution in [3.05, 3.63) is 30.3 Å². The SMILES string of the molecule is O=C(O)NC(CO)COc1ccccc1. The Hall–Kier alpha value is -1.75. The van der Waals surface area contributed by atoms with Crippen LogP contribution in [0, 0.1) is 0 Å². The Bertz CT molecular complexity index is 302. The molecule has 3 N–H and O–H groups in total. The number of rotatable bonds is 5. The van der Waals surface area contributed by atoms with Crippen molar-refractivity contribution in [3.63, 3.8) is 0 Å². The van der Waals surface area contributed by atoms with Gasteiger partial charge in [0.05, 0.1) is 12.6 Å². The highest BCUT2D eigenvalue weighted by molar-refractivity contribution is 5.64. The molecule has 0 radical (unpaired) electrons. The van der Waals surface area contributed by atoms with Gasteiger partial charge in [0.15, 0.2) is 0 Å². The Morgan fingerprint density at radius 3 is 2.60 bits per heavy atom. The van der Waals surface area contributed by atoms with Crippen molar-refractivity contribution in [2.75, 3.05) is 13.2 Å². The van der Waals surface area contributed by atoms with E-state index >= 15 is 0 Å². The molecule has 15 heavy (non-hydrogen) atoms. The lowest BCUT2D eigenvalue weighted by molar-refractivity contribution is 0.156. The summed E-state index contributed by atoms with van der Waals surface area (Å²) in [5, 5.41) is 19.4. The smallest absolute Gasteiger partial charge is 0.405 e. The Morgan fingerprint density at radius 1 is 1.40 bits per heavy atom. The Labute approximate surface area is 87.3 Å². The maximum absolute atomic E-state index is 10.3. The molecule has 0 saturated carbocycles. The minimum atomic E-state index is -1.18. The van der Waals surface area contributed by atoms with Crippen LogP contribution in [0.15, 0.2) is 30.3 Å². The van der Waals surface area contributed by atoms with Crippen molar-refractivity contribution in [2.24, 2.45) is 0 Å². The first-order valence-corrected chi connectivity index (χ1v) is 4.50. The summed E-state index contributed by atoms with van der Waals surface area (Å²) in [6.07, 6.45) is -1.18. The van der Waals surface area contributed by atoms with Crippen LogP contribution in [0.2, 0.25) is 0 Å². The van der Waals surface area contributed by atoms with Gasteiger partial charge in [0, 0.05) is 0 Å². The molecule has 0 fully saturated rings. The third kappa shape index (κ3) is 4.33. The van der Waals surface area contributed by atoms with Crippen LogP contribution in [0.4, 0.5) is 4.79 Å². The number of hydrogen-bond donors (Lipinski definition) is 3. The predicted octanol–water partition coefficient (Wildman–Crippen LogP) is 0.694. The quantitative estimate of drug-likeness (QED) is 0.669. The first kappa shape index (κ1) is 11.3. The molecule has 5 heteroatoms. The number of hydrogen-bond acceptors (Lipinski definition) is 3. The van der Waals surface area contributed by atoms with Gasteiger partial charge in [0.2, 0.25) is 0 Å². The van der Waals surface area contributed by atoms with Gasteiger partial charge in [-0.2, -0.15) is 0 Å².